The predicted octanol–water partition coefficient (Wildman–Crippen LogP) is 1.67. The summed E-state index contributed by atoms with van der Waals surface area (Å²) < 4.78 is 0. The number of nitrogens with zero attached hydrogens (tertiary/aromatic N) is 1. The summed E-state index contributed by atoms with van der Waals surface area (Å²) in [5.41, 5.74) is 0. The molecule has 0 aromatic rings. The minimum atomic E-state index is 0.157. The lowest BCUT2D eigenvalue weighted by molar-refractivity contribution is -0.131. The molecule has 4 heteroatoms. The molecule has 3 nitrogen and oxygen atoms in total. The van der Waals surface area contributed by atoms with Crippen molar-refractivity contribution >= 4 is 22.8 Å². The normalized spacial score (nSPS) is 26.9. The van der Waals surface area contributed by atoms with Crippen LogP contribution in [0.1, 0.15) is 32.6 Å². The molecule has 1 saturated carbocycles. The van der Waals surface area contributed by atoms with Crippen molar-refractivity contribution in [3.05, 3.63) is 0 Å². The van der Waals surface area contributed by atoms with Gasteiger partial charge in [-0.15, -0.1) is 0 Å². The van der Waals surface area contributed by atoms with E-state index < -0.39 is 0 Å². The summed E-state index contributed by atoms with van der Waals surface area (Å²) in [6, 6.07) is 0.518. The van der Waals surface area contributed by atoms with Gasteiger partial charge in [0.05, 0.1) is 0 Å². The van der Waals surface area contributed by atoms with Gasteiger partial charge in [-0.3, -0.25) is 9.59 Å². The van der Waals surface area contributed by atoms with E-state index in [1.54, 1.807) is 6.92 Å². The van der Waals surface area contributed by atoms with Crippen LogP contribution in [0.2, 0.25) is 0 Å². The fourth-order valence-corrected chi connectivity index (χ4v) is 2.90. The van der Waals surface area contributed by atoms with E-state index in [2.05, 4.69) is 0 Å². The van der Waals surface area contributed by atoms with Crippen molar-refractivity contribution in [3.8, 4) is 0 Å². The maximum Gasteiger partial charge on any atom is 0.223 e. The molecule has 84 valence electrons. The summed E-state index contributed by atoms with van der Waals surface area (Å²) in [7, 11) is 0. The molecule has 0 aromatic heterocycles. The van der Waals surface area contributed by atoms with Crippen LogP contribution in [0.4, 0.5) is 0 Å². The van der Waals surface area contributed by atoms with Gasteiger partial charge in [0.2, 0.25) is 5.91 Å². The van der Waals surface area contributed by atoms with Gasteiger partial charge in [-0.05, 0) is 25.2 Å². The molecule has 0 radical (unpaired) electrons. The van der Waals surface area contributed by atoms with Crippen LogP contribution >= 0.6 is 11.8 Å². The lowest BCUT2D eigenvalue weighted by atomic mass is 9.92. The maximum absolute atomic E-state index is 11.7. The Morgan fingerprint density at radius 1 is 1.53 bits per heavy atom. The zero-order valence-electron chi connectivity index (χ0n) is 9.07. The zero-order valence-corrected chi connectivity index (χ0v) is 9.89. The molecular formula is C11H17NO2S. The van der Waals surface area contributed by atoms with Crippen molar-refractivity contribution in [2.75, 3.05) is 12.3 Å². The third-order valence-electron chi connectivity index (χ3n) is 3.28. The molecule has 1 aliphatic heterocycles. The van der Waals surface area contributed by atoms with Gasteiger partial charge < -0.3 is 4.90 Å². The summed E-state index contributed by atoms with van der Waals surface area (Å²) in [6.45, 7) is 2.47. The number of hydrogen-bond acceptors (Lipinski definition) is 3. The SMILES string of the molecule is CC(=O)SCC1CC(=O)N(C2CCC2)C1. The Morgan fingerprint density at radius 2 is 2.27 bits per heavy atom. The number of rotatable bonds is 3. The standard InChI is InChI=1S/C11H17NO2S/c1-8(13)15-7-9-5-11(14)12(6-9)10-3-2-4-10/h9-10H,2-7H2,1H3. The predicted molar refractivity (Wildman–Crippen MR) is 60.6 cm³/mol. The van der Waals surface area contributed by atoms with Crippen molar-refractivity contribution in [2.24, 2.45) is 5.92 Å². The lowest BCUT2D eigenvalue weighted by Crippen LogP contribution is -2.41. The fourth-order valence-electron chi connectivity index (χ4n) is 2.21. The van der Waals surface area contributed by atoms with Crippen molar-refractivity contribution in [2.45, 2.75) is 38.6 Å². The molecule has 0 bridgehead atoms. The number of likely N-dealkylation sites (tertiary alicyclic amines) is 1. The Labute approximate surface area is 94.6 Å². The molecule has 1 saturated heterocycles. The molecule has 1 aliphatic carbocycles. The quantitative estimate of drug-likeness (QED) is 0.736. The summed E-state index contributed by atoms with van der Waals surface area (Å²) in [5.74, 6) is 1.51. The largest absolute Gasteiger partial charge is 0.339 e. The molecule has 1 unspecified atom stereocenters. The summed E-state index contributed by atoms with van der Waals surface area (Å²) >= 11 is 1.35. The van der Waals surface area contributed by atoms with Crippen LogP contribution in [0.15, 0.2) is 0 Å². The lowest BCUT2D eigenvalue weighted by Gasteiger charge is -2.34. The van der Waals surface area contributed by atoms with Crippen LogP contribution in [0, 0.1) is 5.92 Å². The molecule has 2 fully saturated rings. The van der Waals surface area contributed by atoms with E-state index in [0.717, 1.165) is 12.3 Å². The molecule has 2 rings (SSSR count). The Balaban J connectivity index is 1.80. The van der Waals surface area contributed by atoms with Crippen LogP contribution in [0.25, 0.3) is 0 Å². The summed E-state index contributed by atoms with van der Waals surface area (Å²) in [5, 5.41) is 0.157. The van der Waals surface area contributed by atoms with Crippen LogP contribution in [-0.4, -0.2) is 34.3 Å². The van der Waals surface area contributed by atoms with Crippen molar-refractivity contribution in [3.63, 3.8) is 0 Å². The van der Waals surface area contributed by atoms with Gasteiger partial charge in [0.1, 0.15) is 0 Å². The Hall–Kier alpha value is -0.510. The second kappa shape index (κ2) is 4.56. The van der Waals surface area contributed by atoms with Crippen LogP contribution < -0.4 is 0 Å². The highest BCUT2D eigenvalue weighted by Crippen LogP contribution is 2.31. The van der Waals surface area contributed by atoms with Crippen molar-refractivity contribution in [1.82, 2.24) is 4.90 Å². The van der Waals surface area contributed by atoms with Crippen LogP contribution in [0.5, 0.6) is 0 Å². The Kier molecular flexibility index (Phi) is 3.34. The van der Waals surface area contributed by atoms with Gasteiger partial charge in [0.15, 0.2) is 5.12 Å². The first kappa shape index (κ1) is 11.0. The second-order valence-corrected chi connectivity index (χ2v) is 5.70. The number of carbonyl (C=O) groups excluding carboxylic acids is 2. The minimum Gasteiger partial charge on any atom is -0.339 e. The van der Waals surface area contributed by atoms with Crippen LogP contribution in [0.3, 0.4) is 0 Å². The molecule has 1 heterocycles. The number of hydrogen-bond donors (Lipinski definition) is 0. The highest BCUT2D eigenvalue weighted by Gasteiger charge is 2.36. The van der Waals surface area contributed by atoms with Gasteiger partial charge in [0.25, 0.3) is 0 Å². The second-order valence-electron chi connectivity index (χ2n) is 4.50. The molecule has 0 spiro atoms. The van der Waals surface area contributed by atoms with Crippen molar-refractivity contribution < 1.29 is 9.59 Å². The minimum absolute atomic E-state index is 0.157. The third-order valence-corrected chi connectivity index (χ3v) is 4.32. The van der Waals surface area contributed by atoms with E-state index in [1.165, 1.54) is 31.0 Å². The van der Waals surface area contributed by atoms with Gasteiger partial charge in [-0.2, -0.15) is 0 Å². The molecule has 1 amide bonds. The molecule has 2 aliphatic rings. The number of thioether (sulfide) groups is 1. The van der Waals surface area contributed by atoms with Gasteiger partial charge >= 0.3 is 0 Å². The molecule has 1 atom stereocenters. The fraction of sp³-hybridized carbons (Fsp3) is 0.818. The smallest absolute Gasteiger partial charge is 0.223 e. The maximum atomic E-state index is 11.7. The van der Waals surface area contributed by atoms with Gasteiger partial charge in [-0.1, -0.05) is 11.8 Å². The average molecular weight is 227 g/mol. The monoisotopic (exact) mass is 227 g/mol. The van der Waals surface area contributed by atoms with Crippen molar-refractivity contribution in [1.29, 1.82) is 0 Å². The molecule has 15 heavy (non-hydrogen) atoms. The number of amides is 1. The highest BCUT2D eigenvalue weighted by molar-refractivity contribution is 8.13. The van der Waals surface area contributed by atoms with E-state index in [9.17, 15) is 9.59 Å². The van der Waals surface area contributed by atoms with E-state index >= 15 is 0 Å². The van der Waals surface area contributed by atoms with E-state index in [4.69, 9.17) is 0 Å². The van der Waals surface area contributed by atoms with E-state index in [1.807, 2.05) is 4.90 Å². The Bertz CT molecular complexity index is 276. The first-order valence-corrected chi connectivity index (χ1v) is 6.58. The first-order chi connectivity index (χ1) is 7.16. The summed E-state index contributed by atoms with van der Waals surface area (Å²) in [4.78, 5) is 24.6. The molecule has 0 N–H and O–H groups in total. The topological polar surface area (TPSA) is 37.4 Å². The van der Waals surface area contributed by atoms with Gasteiger partial charge in [0, 0.05) is 31.7 Å². The zero-order chi connectivity index (χ0) is 10.8. The third kappa shape index (κ3) is 2.54. The van der Waals surface area contributed by atoms with Gasteiger partial charge in [-0.25, -0.2) is 0 Å². The summed E-state index contributed by atoms with van der Waals surface area (Å²) in [6.07, 6.45) is 4.27. The number of carbonyl (C=O) groups is 2. The van der Waals surface area contributed by atoms with E-state index in [-0.39, 0.29) is 5.12 Å². The molecule has 0 aromatic carbocycles. The highest BCUT2D eigenvalue weighted by atomic mass is 32.2. The first-order valence-electron chi connectivity index (χ1n) is 5.59. The average Bonchev–Trinajstić information content (AvgIpc) is 2.42. The Morgan fingerprint density at radius 3 is 2.80 bits per heavy atom. The van der Waals surface area contributed by atoms with Crippen LogP contribution in [-0.2, 0) is 9.59 Å². The molecular weight excluding hydrogens is 210 g/mol. The van der Waals surface area contributed by atoms with E-state index in [0.29, 0.717) is 24.3 Å².